The molecule has 1 aromatic heterocycles. The molecule has 0 N–H and O–H groups in total. The standard InChI is InChI=1S/C22H29F3N2O2/c1-3-29-21(28)20-16(2)26-19-15-17(12-13-18(19)27-20)11-9-7-5-4-6-8-10-14-22(23,24)25/h12-13,15H,3-11,14H2,1-2H3. The zero-order valence-corrected chi connectivity index (χ0v) is 17.1. The summed E-state index contributed by atoms with van der Waals surface area (Å²) in [5.41, 5.74) is 3.40. The summed E-state index contributed by atoms with van der Waals surface area (Å²) in [5, 5.41) is 0. The topological polar surface area (TPSA) is 52.1 Å². The molecule has 0 aliphatic heterocycles. The van der Waals surface area contributed by atoms with Crippen molar-refractivity contribution in [3.05, 3.63) is 35.2 Å². The monoisotopic (exact) mass is 410 g/mol. The third-order valence-corrected chi connectivity index (χ3v) is 4.80. The molecule has 2 rings (SSSR count). The predicted molar refractivity (Wildman–Crippen MR) is 107 cm³/mol. The van der Waals surface area contributed by atoms with Gasteiger partial charge < -0.3 is 4.74 Å². The lowest BCUT2D eigenvalue weighted by atomic mass is 10.0. The molecule has 0 unspecified atom stereocenters. The van der Waals surface area contributed by atoms with Crippen LogP contribution in [-0.4, -0.2) is 28.7 Å². The van der Waals surface area contributed by atoms with Gasteiger partial charge in [-0.3, -0.25) is 0 Å². The summed E-state index contributed by atoms with van der Waals surface area (Å²) >= 11 is 0. The number of aromatic nitrogens is 2. The normalized spacial score (nSPS) is 11.8. The molecule has 1 aromatic carbocycles. The van der Waals surface area contributed by atoms with Crippen LogP contribution in [-0.2, 0) is 11.2 Å². The van der Waals surface area contributed by atoms with Crippen LogP contribution in [0.5, 0.6) is 0 Å². The second-order valence-corrected chi connectivity index (χ2v) is 7.29. The molecule has 0 bridgehead atoms. The third kappa shape index (κ3) is 7.99. The molecule has 160 valence electrons. The van der Waals surface area contributed by atoms with Crippen LogP contribution in [0.1, 0.15) is 80.0 Å². The Bertz CT molecular complexity index is 806. The van der Waals surface area contributed by atoms with Crippen molar-refractivity contribution in [1.82, 2.24) is 9.97 Å². The smallest absolute Gasteiger partial charge is 0.389 e. The summed E-state index contributed by atoms with van der Waals surface area (Å²) in [7, 11) is 0. The van der Waals surface area contributed by atoms with E-state index >= 15 is 0 Å². The van der Waals surface area contributed by atoms with Crippen LogP contribution < -0.4 is 0 Å². The van der Waals surface area contributed by atoms with Gasteiger partial charge in [-0.2, -0.15) is 13.2 Å². The van der Waals surface area contributed by atoms with Gasteiger partial charge in [-0.1, -0.05) is 38.2 Å². The lowest BCUT2D eigenvalue weighted by Crippen LogP contribution is -2.10. The SMILES string of the molecule is CCOC(=O)c1nc2ccc(CCCCCCCCCC(F)(F)F)cc2nc1C. The molecule has 0 aliphatic rings. The molecule has 1 heterocycles. The fourth-order valence-corrected chi connectivity index (χ4v) is 3.27. The maximum atomic E-state index is 12.1. The Kier molecular flexibility index (Phi) is 8.86. The summed E-state index contributed by atoms with van der Waals surface area (Å²) in [6, 6.07) is 5.88. The number of ether oxygens (including phenoxy) is 1. The summed E-state index contributed by atoms with van der Waals surface area (Å²) < 4.78 is 41.2. The number of halogens is 3. The molecule has 0 fully saturated rings. The van der Waals surface area contributed by atoms with E-state index in [1.807, 2.05) is 18.2 Å². The summed E-state index contributed by atoms with van der Waals surface area (Å²) in [4.78, 5) is 20.8. The fraction of sp³-hybridized carbons (Fsp3) is 0.591. The second kappa shape index (κ2) is 11.1. The number of nitrogens with zero attached hydrogens (tertiary/aromatic N) is 2. The Balaban J connectivity index is 1.75. The van der Waals surface area contributed by atoms with E-state index in [4.69, 9.17) is 4.74 Å². The fourth-order valence-electron chi connectivity index (χ4n) is 3.27. The number of alkyl halides is 3. The van der Waals surface area contributed by atoms with Crippen LogP contribution in [0.25, 0.3) is 11.0 Å². The van der Waals surface area contributed by atoms with Crippen LogP contribution in [0.15, 0.2) is 18.2 Å². The van der Waals surface area contributed by atoms with Gasteiger partial charge in [0.2, 0.25) is 0 Å². The van der Waals surface area contributed by atoms with Gasteiger partial charge in [0.25, 0.3) is 0 Å². The lowest BCUT2D eigenvalue weighted by molar-refractivity contribution is -0.135. The Hall–Kier alpha value is -2.18. The number of carbonyl (C=O) groups excluding carboxylic acids is 1. The summed E-state index contributed by atoms with van der Waals surface area (Å²) in [6.07, 6.45) is 2.09. The highest BCUT2D eigenvalue weighted by Crippen LogP contribution is 2.23. The molecule has 4 nitrogen and oxygen atoms in total. The Morgan fingerprint density at radius 3 is 2.28 bits per heavy atom. The Labute approximate surface area is 169 Å². The first-order chi connectivity index (χ1) is 13.8. The van der Waals surface area contributed by atoms with E-state index in [0.717, 1.165) is 44.0 Å². The highest BCUT2D eigenvalue weighted by Gasteiger charge is 2.25. The maximum absolute atomic E-state index is 12.1. The molecule has 0 spiro atoms. The predicted octanol–water partition coefficient (Wildman–Crippen LogP) is 6.34. The average molecular weight is 410 g/mol. The minimum Gasteiger partial charge on any atom is -0.461 e. The number of aryl methyl sites for hydroxylation is 2. The molecule has 7 heteroatoms. The number of esters is 1. The van der Waals surface area contributed by atoms with Crippen molar-refractivity contribution in [2.45, 2.75) is 77.8 Å². The minimum absolute atomic E-state index is 0.235. The van der Waals surface area contributed by atoms with Crippen molar-refractivity contribution in [2.75, 3.05) is 6.61 Å². The van der Waals surface area contributed by atoms with Crippen LogP contribution >= 0.6 is 0 Å². The van der Waals surface area contributed by atoms with E-state index in [1.54, 1.807) is 13.8 Å². The average Bonchev–Trinajstić information content (AvgIpc) is 2.65. The van der Waals surface area contributed by atoms with E-state index in [0.29, 0.717) is 24.2 Å². The molecule has 0 radical (unpaired) electrons. The van der Waals surface area contributed by atoms with Crippen molar-refractivity contribution in [2.24, 2.45) is 0 Å². The molecule has 0 amide bonds. The van der Waals surface area contributed by atoms with E-state index in [2.05, 4.69) is 9.97 Å². The first-order valence-electron chi connectivity index (χ1n) is 10.3. The van der Waals surface area contributed by atoms with Crippen LogP contribution in [0, 0.1) is 6.92 Å². The molecule has 29 heavy (non-hydrogen) atoms. The van der Waals surface area contributed by atoms with Gasteiger partial charge in [0.05, 0.1) is 23.3 Å². The summed E-state index contributed by atoms with van der Waals surface area (Å²) in [5.74, 6) is -0.457. The molecule has 0 aliphatic carbocycles. The molecule has 2 aromatic rings. The van der Waals surface area contributed by atoms with Crippen LogP contribution in [0.4, 0.5) is 13.2 Å². The van der Waals surface area contributed by atoms with E-state index in [1.165, 1.54) is 5.56 Å². The number of benzene rings is 1. The molecular formula is C22H29F3N2O2. The number of unbranched alkanes of at least 4 members (excludes halogenated alkanes) is 6. The van der Waals surface area contributed by atoms with Gasteiger partial charge in [-0.05, 0) is 50.8 Å². The van der Waals surface area contributed by atoms with Crippen molar-refractivity contribution < 1.29 is 22.7 Å². The van der Waals surface area contributed by atoms with Crippen molar-refractivity contribution in [3.8, 4) is 0 Å². The maximum Gasteiger partial charge on any atom is 0.389 e. The van der Waals surface area contributed by atoms with Gasteiger partial charge >= 0.3 is 12.1 Å². The van der Waals surface area contributed by atoms with E-state index in [9.17, 15) is 18.0 Å². The van der Waals surface area contributed by atoms with E-state index < -0.39 is 18.6 Å². The summed E-state index contributed by atoms with van der Waals surface area (Å²) in [6.45, 7) is 3.80. The zero-order valence-electron chi connectivity index (χ0n) is 17.1. The highest BCUT2D eigenvalue weighted by molar-refractivity contribution is 5.91. The van der Waals surface area contributed by atoms with Gasteiger partial charge in [-0.15, -0.1) is 0 Å². The van der Waals surface area contributed by atoms with Crippen LogP contribution in [0.2, 0.25) is 0 Å². The minimum atomic E-state index is -4.02. The third-order valence-electron chi connectivity index (χ3n) is 4.80. The molecule has 0 saturated heterocycles. The Morgan fingerprint density at radius 1 is 0.966 bits per heavy atom. The van der Waals surface area contributed by atoms with Gasteiger partial charge in [0.1, 0.15) is 0 Å². The van der Waals surface area contributed by atoms with Crippen molar-refractivity contribution >= 4 is 17.0 Å². The second-order valence-electron chi connectivity index (χ2n) is 7.29. The van der Waals surface area contributed by atoms with Gasteiger partial charge in [0.15, 0.2) is 5.69 Å². The van der Waals surface area contributed by atoms with Crippen molar-refractivity contribution in [3.63, 3.8) is 0 Å². The quantitative estimate of drug-likeness (QED) is 0.320. The number of rotatable bonds is 11. The first-order valence-corrected chi connectivity index (χ1v) is 10.3. The van der Waals surface area contributed by atoms with Crippen molar-refractivity contribution in [1.29, 1.82) is 0 Å². The Morgan fingerprint density at radius 2 is 1.62 bits per heavy atom. The zero-order chi connectivity index (χ0) is 21.3. The largest absolute Gasteiger partial charge is 0.461 e. The number of carbonyl (C=O) groups is 1. The van der Waals surface area contributed by atoms with Gasteiger partial charge in [0, 0.05) is 6.42 Å². The highest BCUT2D eigenvalue weighted by atomic mass is 19.4. The number of fused-ring (bicyclic) bond motifs is 1. The number of hydrogen-bond donors (Lipinski definition) is 0. The van der Waals surface area contributed by atoms with E-state index in [-0.39, 0.29) is 12.1 Å². The first kappa shape index (κ1) is 23.1. The van der Waals surface area contributed by atoms with Crippen LogP contribution in [0.3, 0.4) is 0 Å². The number of hydrogen-bond acceptors (Lipinski definition) is 4. The molecule has 0 atom stereocenters. The lowest BCUT2D eigenvalue weighted by Gasteiger charge is -2.08. The van der Waals surface area contributed by atoms with Gasteiger partial charge in [-0.25, -0.2) is 14.8 Å². The molecular weight excluding hydrogens is 381 g/mol. The molecule has 0 saturated carbocycles.